The molecule has 0 heterocycles. The Morgan fingerprint density at radius 2 is 1.78 bits per heavy atom. The first-order chi connectivity index (χ1) is 8.30. The smallest absolute Gasteiger partial charge is 0.223 e. The molecule has 1 amide bonds. The van der Waals surface area contributed by atoms with Gasteiger partial charge < -0.3 is 5.32 Å². The molecule has 1 fully saturated rings. The molecule has 1 N–H and O–H groups in total. The van der Waals surface area contributed by atoms with Gasteiger partial charge in [0, 0.05) is 12.0 Å². The largest absolute Gasteiger partial charge is 0.354 e. The standard InChI is InChI=1S/C16H31NO/c1-12(2)17-15(18)14(16(3,4)5)11-10-13-8-6-7-9-13/h12-14H,6-11H2,1-5H3,(H,17,18). The van der Waals surface area contributed by atoms with Gasteiger partial charge in [-0.2, -0.15) is 0 Å². The third-order valence-electron chi connectivity index (χ3n) is 4.13. The molecule has 1 aliphatic rings. The van der Waals surface area contributed by atoms with Crippen LogP contribution in [0.5, 0.6) is 0 Å². The topological polar surface area (TPSA) is 29.1 Å². The Kier molecular flexibility index (Phi) is 5.68. The fourth-order valence-corrected chi connectivity index (χ4v) is 3.04. The van der Waals surface area contributed by atoms with E-state index in [1.165, 1.54) is 32.1 Å². The van der Waals surface area contributed by atoms with E-state index >= 15 is 0 Å². The molecule has 106 valence electrons. The molecule has 1 rings (SSSR count). The van der Waals surface area contributed by atoms with Crippen LogP contribution in [0.1, 0.15) is 73.1 Å². The van der Waals surface area contributed by atoms with E-state index in [0.717, 1.165) is 12.3 Å². The Morgan fingerprint density at radius 3 is 2.22 bits per heavy atom. The van der Waals surface area contributed by atoms with E-state index in [1.54, 1.807) is 0 Å². The SMILES string of the molecule is CC(C)NC(=O)C(CCC1CCCC1)C(C)(C)C. The molecule has 0 radical (unpaired) electrons. The minimum atomic E-state index is 0.0670. The summed E-state index contributed by atoms with van der Waals surface area (Å²) in [5.41, 5.74) is 0.0670. The highest BCUT2D eigenvalue weighted by Crippen LogP contribution is 2.35. The van der Waals surface area contributed by atoms with Crippen molar-refractivity contribution in [3.63, 3.8) is 0 Å². The van der Waals surface area contributed by atoms with Gasteiger partial charge in [-0.25, -0.2) is 0 Å². The van der Waals surface area contributed by atoms with E-state index in [9.17, 15) is 4.79 Å². The summed E-state index contributed by atoms with van der Waals surface area (Å²) < 4.78 is 0. The molecule has 0 spiro atoms. The first-order valence-electron chi connectivity index (χ1n) is 7.61. The Labute approximate surface area is 113 Å². The van der Waals surface area contributed by atoms with Crippen molar-refractivity contribution >= 4 is 5.91 Å². The molecule has 0 saturated heterocycles. The van der Waals surface area contributed by atoms with Crippen LogP contribution in [-0.2, 0) is 4.79 Å². The van der Waals surface area contributed by atoms with Gasteiger partial charge in [0.25, 0.3) is 0 Å². The molecule has 0 aliphatic heterocycles. The highest BCUT2D eigenvalue weighted by Gasteiger charge is 2.32. The normalized spacial score (nSPS) is 19.2. The molecule has 1 atom stereocenters. The van der Waals surface area contributed by atoms with Gasteiger partial charge in [0.05, 0.1) is 0 Å². The first-order valence-corrected chi connectivity index (χ1v) is 7.61. The van der Waals surface area contributed by atoms with E-state index in [-0.39, 0.29) is 23.3 Å². The Hall–Kier alpha value is -0.530. The van der Waals surface area contributed by atoms with Crippen LogP contribution >= 0.6 is 0 Å². The summed E-state index contributed by atoms with van der Waals surface area (Å²) in [7, 11) is 0. The van der Waals surface area contributed by atoms with Crippen LogP contribution in [0.4, 0.5) is 0 Å². The number of nitrogens with one attached hydrogen (secondary N) is 1. The molecule has 1 unspecified atom stereocenters. The number of carbonyl (C=O) groups excluding carboxylic acids is 1. The van der Waals surface area contributed by atoms with Gasteiger partial charge in [-0.15, -0.1) is 0 Å². The highest BCUT2D eigenvalue weighted by molar-refractivity contribution is 5.79. The van der Waals surface area contributed by atoms with E-state index in [2.05, 4.69) is 26.1 Å². The van der Waals surface area contributed by atoms with Crippen molar-refractivity contribution in [1.82, 2.24) is 5.32 Å². The third-order valence-corrected chi connectivity index (χ3v) is 4.13. The first kappa shape index (κ1) is 15.5. The Morgan fingerprint density at radius 1 is 1.22 bits per heavy atom. The number of carbonyl (C=O) groups is 1. The minimum Gasteiger partial charge on any atom is -0.354 e. The quantitative estimate of drug-likeness (QED) is 0.783. The zero-order chi connectivity index (χ0) is 13.8. The molecule has 2 nitrogen and oxygen atoms in total. The summed E-state index contributed by atoms with van der Waals surface area (Å²) in [6.45, 7) is 10.6. The molecule has 1 saturated carbocycles. The summed E-state index contributed by atoms with van der Waals surface area (Å²) in [5.74, 6) is 1.28. The van der Waals surface area contributed by atoms with Gasteiger partial charge in [0.15, 0.2) is 0 Å². The van der Waals surface area contributed by atoms with Gasteiger partial charge in [0.2, 0.25) is 5.91 Å². The van der Waals surface area contributed by atoms with Crippen LogP contribution < -0.4 is 5.32 Å². The maximum absolute atomic E-state index is 12.3. The van der Waals surface area contributed by atoms with Gasteiger partial charge in [-0.3, -0.25) is 4.79 Å². The molecule has 18 heavy (non-hydrogen) atoms. The number of amides is 1. The fraction of sp³-hybridized carbons (Fsp3) is 0.938. The lowest BCUT2D eigenvalue weighted by Gasteiger charge is -2.31. The van der Waals surface area contributed by atoms with E-state index in [0.29, 0.717) is 0 Å². The second-order valence-electron chi connectivity index (χ2n) is 7.31. The monoisotopic (exact) mass is 253 g/mol. The Balaban J connectivity index is 2.52. The summed E-state index contributed by atoms with van der Waals surface area (Å²) >= 11 is 0. The maximum atomic E-state index is 12.3. The van der Waals surface area contributed by atoms with Crippen LogP contribution in [0.3, 0.4) is 0 Å². The molecular formula is C16H31NO. The zero-order valence-corrected chi connectivity index (χ0v) is 12.9. The second-order valence-corrected chi connectivity index (χ2v) is 7.31. The number of rotatable bonds is 5. The van der Waals surface area contributed by atoms with Gasteiger partial charge in [0.1, 0.15) is 0 Å². The van der Waals surface area contributed by atoms with Gasteiger partial charge in [-0.1, -0.05) is 46.5 Å². The maximum Gasteiger partial charge on any atom is 0.223 e. The van der Waals surface area contributed by atoms with E-state index in [4.69, 9.17) is 0 Å². The van der Waals surface area contributed by atoms with Crippen LogP contribution in [0.15, 0.2) is 0 Å². The van der Waals surface area contributed by atoms with Crippen LogP contribution in [0.2, 0.25) is 0 Å². The van der Waals surface area contributed by atoms with Crippen molar-refractivity contribution in [2.75, 3.05) is 0 Å². The third kappa shape index (κ3) is 4.99. The highest BCUT2D eigenvalue weighted by atomic mass is 16.1. The Bertz CT molecular complexity index is 259. The van der Waals surface area contributed by atoms with Crippen molar-refractivity contribution in [2.24, 2.45) is 17.3 Å². The van der Waals surface area contributed by atoms with Crippen LogP contribution in [0, 0.1) is 17.3 Å². The van der Waals surface area contributed by atoms with E-state index < -0.39 is 0 Å². The zero-order valence-electron chi connectivity index (χ0n) is 12.9. The lowest BCUT2D eigenvalue weighted by Crippen LogP contribution is -2.41. The second kappa shape index (κ2) is 6.58. The number of hydrogen-bond donors (Lipinski definition) is 1. The predicted octanol–water partition coefficient (Wildman–Crippen LogP) is 4.14. The van der Waals surface area contributed by atoms with Crippen molar-refractivity contribution < 1.29 is 4.79 Å². The van der Waals surface area contributed by atoms with Crippen LogP contribution in [-0.4, -0.2) is 11.9 Å². The summed E-state index contributed by atoms with van der Waals surface area (Å²) in [5, 5.41) is 3.09. The summed E-state index contributed by atoms with van der Waals surface area (Å²) in [4.78, 5) is 12.3. The van der Waals surface area contributed by atoms with E-state index in [1.807, 2.05) is 13.8 Å². The predicted molar refractivity (Wildman–Crippen MR) is 77.4 cm³/mol. The van der Waals surface area contributed by atoms with Crippen molar-refractivity contribution in [3.8, 4) is 0 Å². The summed E-state index contributed by atoms with van der Waals surface area (Å²) in [6, 6.07) is 0.244. The molecule has 0 aromatic rings. The molecule has 2 heteroatoms. The molecular weight excluding hydrogens is 222 g/mol. The molecule has 1 aliphatic carbocycles. The lowest BCUT2D eigenvalue weighted by atomic mass is 9.76. The molecule has 0 aromatic carbocycles. The van der Waals surface area contributed by atoms with Gasteiger partial charge >= 0.3 is 0 Å². The van der Waals surface area contributed by atoms with Crippen LogP contribution in [0.25, 0.3) is 0 Å². The molecule has 0 bridgehead atoms. The minimum absolute atomic E-state index is 0.0670. The van der Waals surface area contributed by atoms with Crippen molar-refractivity contribution in [3.05, 3.63) is 0 Å². The number of hydrogen-bond acceptors (Lipinski definition) is 1. The van der Waals surface area contributed by atoms with Gasteiger partial charge in [-0.05, 0) is 38.0 Å². The average molecular weight is 253 g/mol. The lowest BCUT2D eigenvalue weighted by molar-refractivity contribution is -0.129. The van der Waals surface area contributed by atoms with Crippen molar-refractivity contribution in [2.45, 2.75) is 79.2 Å². The van der Waals surface area contributed by atoms with Crippen molar-refractivity contribution in [1.29, 1.82) is 0 Å². The average Bonchev–Trinajstić information content (AvgIpc) is 2.67. The molecule has 0 aromatic heterocycles. The fourth-order valence-electron chi connectivity index (χ4n) is 3.04. The summed E-state index contributed by atoms with van der Waals surface area (Å²) in [6.07, 6.45) is 7.82.